The van der Waals surface area contributed by atoms with E-state index in [1.807, 2.05) is 31.2 Å². The molecule has 0 heterocycles. The van der Waals surface area contributed by atoms with Crippen LogP contribution in [0.5, 0.6) is 17.2 Å². The van der Waals surface area contributed by atoms with Crippen molar-refractivity contribution in [3.8, 4) is 17.2 Å². The average molecular weight is 399 g/mol. The number of esters is 1. The first-order valence-electron chi connectivity index (χ1n) is 8.94. The minimum absolute atomic E-state index is 0.214. The van der Waals surface area contributed by atoms with Gasteiger partial charge in [-0.1, -0.05) is 24.3 Å². The van der Waals surface area contributed by atoms with Crippen LogP contribution >= 0.6 is 0 Å². The van der Waals surface area contributed by atoms with Gasteiger partial charge in [0.25, 0.3) is 5.91 Å². The molecule has 0 aliphatic carbocycles. The Hall–Kier alpha value is -3.48. The first-order valence-corrected chi connectivity index (χ1v) is 8.94. The lowest BCUT2D eigenvalue weighted by molar-refractivity contribution is -0.143. The van der Waals surface area contributed by atoms with Crippen LogP contribution in [-0.4, -0.2) is 39.8 Å². The topological polar surface area (TPSA) is 83.1 Å². The number of carbonyl (C=O) groups is 2. The Kier molecular flexibility index (Phi) is 8.09. The third-order valence-electron chi connectivity index (χ3n) is 4.15. The monoisotopic (exact) mass is 399 g/mol. The maximum absolute atomic E-state index is 12.0. The summed E-state index contributed by atoms with van der Waals surface area (Å²) in [4.78, 5) is 23.8. The Balaban J connectivity index is 1.87. The Morgan fingerprint density at radius 2 is 1.66 bits per heavy atom. The molecule has 2 rings (SSSR count). The maximum atomic E-state index is 12.0. The fourth-order valence-corrected chi connectivity index (χ4v) is 2.61. The lowest BCUT2D eigenvalue weighted by Gasteiger charge is -2.14. The summed E-state index contributed by atoms with van der Waals surface area (Å²) in [6.45, 7) is 1.79. The van der Waals surface area contributed by atoms with Gasteiger partial charge >= 0.3 is 5.97 Å². The molecule has 0 bridgehead atoms. The van der Waals surface area contributed by atoms with Crippen molar-refractivity contribution >= 4 is 18.0 Å². The average Bonchev–Trinajstić information content (AvgIpc) is 2.74. The standard InChI is InChI=1S/C22H25NO6/c1-15-7-5-6-8-17(15)9-10-21(25)29-14-20(24)23-13-16-11-18(26-2)22(28-4)19(12-16)27-3/h5-12H,13-14H2,1-4H3,(H,23,24)/b10-9+. The summed E-state index contributed by atoms with van der Waals surface area (Å²) >= 11 is 0. The van der Waals surface area contributed by atoms with Gasteiger partial charge in [-0.25, -0.2) is 4.79 Å². The van der Waals surface area contributed by atoms with Crippen molar-refractivity contribution < 1.29 is 28.5 Å². The maximum Gasteiger partial charge on any atom is 0.331 e. The van der Waals surface area contributed by atoms with E-state index in [4.69, 9.17) is 18.9 Å². The molecule has 7 heteroatoms. The van der Waals surface area contributed by atoms with E-state index in [2.05, 4.69) is 5.32 Å². The molecule has 7 nitrogen and oxygen atoms in total. The molecule has 0 radical (unpaired) electrons. The van der Waals surface area contributed by atoms with Gasteiger partial charge in [-0.05, 0) is 41.8 Å². The van der Waals surface area contributed by atoms with Gasteiger partial charge in [-0.3, -0.25) is 4.79 Å². The molecule has 2 aromatic rings. The molecule has 0 aliphatic rings. The Morgan fingerprint density at radius 3 is 2.24 bits per heavy atom. The SMILES string of the molecule is COc1cc(CNC(=O)COC(=O)/C=C/c2ccccc2C)cc(OC)c1OC. The number of nitrogens with one attached hydrogen (secondary N) is 1. The van der Waals surface area contributed by atoms with Gasteiger partial charge in [-0.2, -0.15) is 0 Å². The van der Waals surface area contributed by atoms with Crippen LogP contribution in [0.4, 0.5) is 0 Å². The summed E-state index contributed by atoms with van der Waals surface area (Å²) in [5, 5.41) is 2.69. The lowest BCUT2D eigenvalue weighted by atomic mass is 10.1. The van der Waals surface area contributed by atoms with Crippen LogP contribution in [-0.2, 0) is 20.9 Å². The molecule has 2 aromatic carbocycles. The molecule has 29 heavy (non-hydrogen) atoms. The third kappa shape index (κ3) is 6.27. The molecule has 0 saturated heterocycles. The number of ether oxygens (including phenoxy) is 4. The number of hydrogen-bond acceptors (Lipinski definition) is 6. The van der Waals surface area contributed by atoms with Gasteiger partial charge in [0, 0.05) is 12.6 Å². The van der Waals surface area contributed by atoms with Gasteiger partial charge in [0.05, 0.1) is 21.3 Å². The van der Waals surface area contributed by atoms with E-state index in [1.165, 1.54) is 27.4 Å². The van der Waals surface area contributed by atoms with Crippen molar-refractivity contribution in [2.24, 2.45) is 0 Å². The molecule has 0 spiro atoms. The van der Waals surface area contributed by atoms with Gasteiger partial charge in [0.2, 0.25) is 5.75 Å². The fourth-order valence-electron chi connectivity index (χ4n) is 2.61. The summed E-state index contributed by atoms with van der Waals surface area (Å²) in [6.07, 6.45) is 2.96. The van der Waals surface area contributed by atoms with Gasteiger partial charge in [-0.15, -0.1) is 0 Å². The molecule has 0 fully saturated rings. The molecule has 1 amide bonds. The predicted molar refractivity (Wildman–Crippen MR) is 109 cm³/mol. The number of amides is 1. The molecular formula is C22H25NO6. The second-order valence-electron chi connectivity index (χ2n) is 6.11. The number of benzene rings is 2. The van der Waals surface area contributed by atoms with Crippen LogP contribution in [0.2, 0.25) is 0 Å². The van der Waals surface area contributed by atoms with Gasteiger partial charge in [0.1, 0.15) is 0 Å². The summed E-state index contributed by atoms with van der Waals surface area (Å²) in [6, 6.07) is 11.1. The third-order valence-corrected chi connectivity index (χ3v) is 4.15. The van der Waals surface area contributed by atoms with Crippen LogP contribution < -0.4 is 19.5 Å². The van der Waals surface area contributed by atoms with Crippen molar-refractivity contribution in [3.05, 3.63) is 59.2 Å². The number of hydrogen-bond donors (Lipinski definition) is 1. The number of aryl methyl sites for hydroxylation is 1. The molecule has 1 N–H and O–H groups in total. The summed E-state index contributed by atoms with van der Waals surface area (Å²) in [5.41, 5.74) is 2.70. The molecule has 154 valence electrons. The highest BCUT2D eigenvalue weighted by atomic mass is 16.5. The highest BCUT2D eigenvalue weighted by Crippen LogP contribution is 2.38. The zero-order chi connectivity index (χ0) is 21.2. The highest BCUT2D eigenvalue weighted by molar-refractivity contribution is 5.89. The quantitative estimate of drug-likeness (QED) is 0.516. The first kappa shape index (κ1) is 21.8. The Morgan fingerprint density at radius 1 is 1.00 bits per heavy atom. The van der Waals surface area contributed by atoms with Crippen molar-refractivity contribution in [3.63, 3.8) is 0 Å². The van der Waals surface area contributed by atoms with E-state index in [-0.39, 0.29) is 13.2 Å². The molecule has 0 saturated carbocycles. The number of carbonyl (C=O) groups excluding carboxylic acids is 2. The number of rotatable bonds is 9. The Bertz CT molecular complexity index is 866. The molecule has 0 aromatic heterocycles. The van der Waals surface area contributed by atoms with Crippen molar-refractivity contribution in [2.75, 3.05) is 27.9 Å². The van der Waals surface area contributed by atoms with Crippen molar-refractivity contribution in [1.29, 1.82) is 0 Å². The molecule has 0 unspecified atom stereocenters. The largest absolute Gasteiger partial charge is 0.493 e. The summed E-state index contributed by atoms with van der Waals surface area (Å²) in [7, 11) is 4.55. The van der Waals surface area contributed by atoms with E-state index in [1.54, 1.807) is 18.2 Å². The van der Waals surface area contributed by atoms with Crippen LogP contribution in [0, 0.1) is 6.92 Å². The second kappa shape index (κ2) is 10.8. The molecule has 0 aliphatic heterocycles. The molecular weight excluding hydrogens is 374 g/mol. The highest BCUT2D eigenvalue weighted by Gasteiger charge is 2.14. The zero-order valence-electron chi connectivity index (χ0n) is 17.0. The van der Waals surface area contributed by atoms with Crippen molar-refractivity contribution in [2.45, 2.75) is 13.5 Å². The van der Waals surface area contributed by atoms with Gasteiger partial charge in [0.15, 0.2) is 18.1 Å². The van der Waals surface area contributed by atoms with E-state index < -0.39 is 11.9 Å². The zero-order valence-corrected chi connectivity index (χ0v) is 17.0. The lowest BCUT2D eigenvalue weighted by Crippen LogP contribution is -2.28. The second-order valence-corrected chi connectivity index (χ2v) is 6.11. The van der Waals surface area contributed by atoms with Crippen LogP contribution in [0.1, 0.15) is 16.7 Å². The minimum Gasteiger partial charge on any atom is -0.493 e. The predicted octanol–water partition coefficient (Wildman–Crippen LogP) is 2.89. The van der Waals surface area contributed by atoms with E-state index >= 15 is 0 Å². The normalized spacial score (nSPS) is 10.5. The van der Waals surface area contributed by atoms with Gasteiger partial charge < -0.3 is 24.3 Å². The minimum atomic E-state index is -0.587. The first-order chi connectivity index (χ1) is 14.0. The smallest absolute Gasteiger partial charge is 0.331 e. The van der Waals surface area contributed by atoms with E-state index in [0.29, 0.717) is 17.2 Å². The van der Waals surface area contributed by atoms with E-state index in [9.17, 15) is 9.59 Å². The fraction of sp³-hybridized carbons (Fsp3) is 0.273. The van der Waals surface area contributed by atoms with Crippen LogP contribution in [0.15, 0.2) is 42.5 Å². The summed E-state index contributed by atoms with van der Waals surface area (Å²) in [5.74, 6) is 0.444. The summed E-state index contributed by atoms with van der Waals surface area (Å²) < 4.78 is 20.8. The van der Waals surface area contributed by atoms with E-state index in [0.717, 1.165) is 16.7 Å². The number of methoxy groups -OCH3 is 3. The Labute approximate surface area is 170 Å². The van der Waals surface area contributed by atoms with Crippen LogP contribution in [0.25, 0.3) is 6.08 Å². The molecule has 0 atom stereocenters. The van der Waals surface area contributed by atoms with Crippen molar-refractivity contribution in [1.82, 2.24) is 5.32 Å². The van der Waals surface area contributed by atoms with Crippen LogP contribution in [0.3, 0.4) is 0 Å².